The van der Waals surface area contributed by atoms with Gasteiger partial charge in [-0.05, 0) is 57.1 Å². The van der Waals surface area contributed by atoms with Gasteiger partial charge in [0.1, 0.15) is 18.1 Å². The SMILES string of the molecule is CN(C)C1(CNC(=O)c2c3cc(OCc4ccccc4)ccc3nn2C)CCC1. The average molecular weight is 393 g/mol. The fourth-order valence-corrected chi connectivity index (χ4v) is 3.97. The summed E-state index contributed by atoms with van der Waals surface area (Å²) in [6.07, 6.45) is 3.44. The number of fused-ring (bicyclic) bond motifs is 1. The van der Waals surface area contributed by atoms with E-state index in [1.807, 2.05) is 55.6 Å². The summed E-state index contributed by atoms with van der Waals surface area (Å²) in [6, 6.07) is 15.7. The van der Waals surface area contributed by atoms with Crippen LogP contribution < -0.4 is 10.1 Å². The number of aromatic nitrogens is 2. The number of carbonyl (C=O) groups excluding carboxylic acids is 1. The third-order valence-corrected chi connectivity index (χ3v) is 6.08. The molecule has 4 rings (SSSR count). The second-order valence-electron chi connectivity index (χ2n) is 8.08. The van der Waals surface area contributed by atoms with Crippen molar-refractivity contribution in [3.63, 3.8) is 0 Å². The minimum atomic E-state index is -0.0941. The van der Waals surface area contributed by atoms with Gasteiger partial charge in [0, 0.05) is 24.5 Å². The van der Waals surface area contributed by atoms with Gasteiger partial charge in [0.25, 0.3) is 5.91 Å². The molecule has 6 heteroatoms. The van der Waals surface area contributed by atoms with E-state index in [1.165, 1.54) is 6.42 Å². The topological polar surface area (TPSA) is 59.4 Å². The minimum Gasteiger partial charge on any atom is -0.489 e. The number of nitrogens with zero attached hydrogens (tertiary/aromatic N) is 3. The fraction of sp³-hybridized carbons (Fsp3) is 0.391. The molecule has 1 heterocycles. The Kier molecular flexibility index (Phi) is 5.28. The summed E-state index contributed by atoms with van der Waals surface area (Å²) in [5.41, 5.74) is 2.54. The molecular formula is C23H28N4O2. The molecule has 0 atom stereocenters. The van der Waals surface area contributed by atoms with E-state index in [4.69, 9.17) is 4.74 Å². The Morgan fingerprint density at radius 1 is 1.21 bits per heavy atom. The lowest BCUT2D eigenvalue weighted by Gasteiger charge is -2.47. The molecule has 1 aliphatic carbocycles. The van der Waals surface area contributed by atoms with Gasteiger partial charge in [-0.1, -0.05) is 30.3 Å². The second kappa shape index (κ2) is 7.87. The van der Waals surface area contributed by atoms with Crippen LogP contribution in [0, 0.1) is 0 Å². The van der Waals surface area contributed by atoms with Crippen LogP contribution in [0.1, 0.15) is 35.3 Å². The second-order valence-corrected chi connectivity index (χ2v) is 8.08. The van der Waals surface area contributed by atoms with E-state index in [0.29, 0.717) is 18.8 Å². The van der Waals surface area contributed by atoms with Gasteiger partial charge in [-0.3, -0.25) is 9.48 Å². The van der Waals surface area contributed by atoms with Crippen LogP contribution in [0.25, 0.3) is 10.9 Å². The lowest BCUT2D eigenvalue weighted by atomic mass is 9.75. The smallest absolute Gasteiger partial charge is 0.270 e. The predicted octanol–water partition coefficient (Wildman–Crippen LogP) is 3.37. The number of benzene rings is 2. The normalized spacial score (nSPS) is 15.3. The van der Waals surface area contributed by atoms with Gasteiger partial charge in [0.15, 0.2) is 0 Å². The van der Waals surface area contributed by atoms with Crippen LogP contribution in [0.5, 0.6) is 5.75 Å². The molecule has 0 radical (unpaired) electrons. The molecule has 1 amide bonds. The largest absolute Gasteiger partial charge is 0.489 e. The zero-order valence-corrected chi connectivity index (χ0v) is 17.3. The van der Waals surface area contributed by atoms with E-state index in [-0.39, 0.29) is 11.4 Å². The number of likely N-dealkylation sites (N-methyl/N-ethyl adjacent to an activating group) is 1. The molecule has 0 unspecified atom stereocenters. The molecule has 29 heavy (non-hydrogen) atoms. The molecule has 1 saturated carbocycles. The predicted molar refractivity (Wildman–Crippen MR) is 114 cm³/mol. The van der Waals surface area contributed by atoms with E-state index in [1.54, 1.807) is 4.68 Å². The molecule has 3 aromatic rings. The van der Waals surface area contributed by atoms with Gasteiger partial charge in [0.2, 0.25) is 0 Å². The van der Waals surface area contributed by atoms with Gasteiger partial charge in [-0.2, -0.15) is 5.10 Å². The van der Waals surface area contributed by atoms with Crippen molar-refractivity contribution in [1.29, 1.82) is 0 Å². The van der Waals surface area contributed by atoms with Crippen LogP contribution in [0.4, 0.5) is 0 Å². The zero-order chi connectivity index (χ0) is 20.4. The quantitative estimate of drug-likeness (QED) is 0.670. The molecule has 2 aromatic carbocycles. The summed E-state index contributed by atoms with van der Waals surface area (Å²) in [4.78, 5) is 15.2. The molecular weight excluding hydrogens is 364 g/mol. The number of hydrogen-bond donors (Lipinski definition) is 1. The lowest BCUT2D eigenvalue weighted by molar-refractivity contribution is 0.0555. The molecule has 1 N–H and O–H groups in total. The summed E-state index contributed by atoms with van der Waals surface area (Å²) in [5, 5.41) is 8.44. The minimum absolute atomic E-state index is 0.0774. The highest BCUT2D eigenvalue weighted by atomic mass is 16.5. The third kappa shape index (κ3) is 3.85. The van der Waals surface area contributed by atoms with Crippen molar-refractivity contribution in [3.8, 4) is 5.75 Å². The van der Waals surface area contributed by atoms with Crippen molar-refractivity contribution >= 4 is 16.8 Å². The van der Waals surface area contributed by atoms with Crippen molar-refractivity contribution in [1.82, 2.24) is 20.0 Å². The van der Waals surface area contributed by atoms with E-state index in [2.05, 4.69) is 29.4 Å². The number of aryl methyl sites for hydroxylation is 1. The van der Waals surface area contributed by atoms with Gasteiger partial charge in [-0.15, -0.1) is 0 Å². The Balaban J connectivity index is 1.52. The van der Waals surface area contributed by atoms with Gasteiger partial charge >= 0.3 is 0 Å². The van der Waals surface area contributed by atoms with Crippen molar-refractivity contribution in [2.45, 2.75) is 31.4 Å². The Labute approximate surface area is 171 Å². The van der Waals surface area contributed by atoms with Gasteiger partial charge < -0.3 is 15.0 Å². The first kappa shape index (κ1) is 19.5. The van der Waals surface area contributed by atoms with E-state index in [9.17, 15) is 4.79 Å². The summed E-state index contributed by atoms with van der Waals surface area (Å²) in [6.45, 7) is 1.13. The summed E-state index contributed by atoms with van der Waals surface area (Å²) in [5.74, 6) is 0.635. The Morgan fingerprint density at radius 2 is 1.97 bits per heavy atom. The molecule has 152 valence electrons. The Hall–Kier alpha value is -2.86. The maximum Gasteiger partial charge on any atom is 0.270 e. The van der Waals surface area contributed by atoms with Crippen LogP contribution in [0.3, 0.4) is 0 Å². The number of amides is 1. The third-order valence-electron chi connectivity index (χ3n) is 6.08. The number of hydrogen-bond acceptors (Lipinski definition) is 4. The van der Waals surface area contributed by atoms with Crippen LogP contribution in [0.2, 0.25) is 0 Å². The summed E-state index contributed by atoms with van der Waals surface area (Å²) < 4.78 is 7.60. The molecule has 0 spiro atoms. The number of ether oxygens (including phenoxy) is 1. The molecule has 1 fully saturated rings. The van der Waals surface area contributed by atoms with Gasteiger partial charge in [-0.25, -0.2) is 0 Å². The lowest BCUT2D eigenvalue weighted by Crippen LogP contribution is -2.57. The van der Waals surface area contributed by atoms with Crippen LogP contribution >= 0.6 is 0 Å². The standard InChI is InChI=1S/C23H28N4O2/c1-26(2)23(12-7-13-23)16-24-22(28)21-19-14-18(10-11-20(19)25-27(21)3)29-15-17-8-5-4-6-9-17/h4-6,8-11,14H,7,12-13,15-16H2,1-3H3,(H,24,28). The monoisotopic (exact) mass is 392 g/mol. The molecule has 1 aliphatic rings. The number of carbonyl (C=O) groups is 1. The Morgan fingerprint density at radius 3 is 2.62 bits per heavy atom. The highest BCUT2D eigenvalue weighted by Gasteiger charge is 2.39. The maximum absolute atomic E-state index is 13.0. The van der Waals surface area contributed by atoms with E-state index >= 15 is 0 Å². The first-order valence-electron chi connectivity index (χ1n) is 10.1. The zero-order valence-electron chi connectivity index (χ0n) is 17.3. The van der Waals surface area contributed by atoms with Gasteiger partial charge in [0.05, 0.1) is 5.52 Å². The molecule has 0 aliphatic heterocycles. The van der Waals surface area contributed by atoms with Crippen LogP contribution in [-0.4, -0.2) is 46.8 Å². The fourth-order valence-electron chi connectivity index (χ4n) is 3.97. The summed E-state index contributed by atoms with van der Waals surface area (Å²) >= 11 is 0. The first-order chi connectivity index (χ1) is 14.0. The van der Waals surface area contributed by atoms with Crippen LogP contribution in [0.15, 0.2) is 48.5 Å². The summed E-state index contributed by atoms with van der Waals surface area (Å²) in [7, 11) is 5.98. The first-order valence-corrected chi connectivity index (χ1v) is 10.1. The highest BCUT2D eigenvalue weighted by Crippen LogP contribution is 2.35. The van der Waals surface area contributed by atoms with E-state index in [0.717, 1.165) is 35.1 Å². The van der Waals surface area contributed by atoms with Crippen molar-refractivity contribution in [2.24, 2.45) is 7.05 Å². The molecule has 1 aromatic heterocycles. The van der Waals surface area contributed by atoms with Crippen LogP contribution in [-0.2, 0) is 13.7 Å². The number of rotatable bonds is 7. The highest BCUT2D eigenvalue weighted by molar-refractivity contribution is 6.05. The number of nitrogens with one attached hydrogen (secondary N) is 1. The molecule has 0 saturated heterocycles. The maximum atomic E-state index is 13.0. The molecule has 6 nitrogen and oxygen atoms in total. The van der Waals surface area contributed by atoms with Crippen molar-refractivity contribution in [3.05, 3.63) is 59.8 Å². The van der Waals surface area contributed by atoms with E-state index < -0.39 is 0 Å². The van der Waals surface area contributed by atoms with Crippen molar-refractivity contribution < 1.29 is 9.53 Å². The average Bonchev–Trinajstić information content (AvgIpc) is 3.01. The Bertz CT molecular complexity index is 1010. The molecule has 0 bridgehead atoms. The van der Waals surface area contributed by atoms with Crippen molar-refractivity contribution in [2.75, 3.05) is 20.6 Å².